The van der Waals surface area contributed by atoms with Crippen LogP contribution in [0, 0.1) is 5.92 Å². The third-order valence-corrected chi connectivity index (χ3v) is 7.37. The summed E-state index contributed by atoms with van der Waals surface area (Å²) >= 11 is 1.54. The molecule has 1 aliphatic heterocycles. The lowest BCUT2D eigenvalue weighted by atomic mass is 9.85. The lowest BCUT2D eigenvalue weighted by Crippen LogP contribution is -2.36. The smallest absolute Gasteiger partial charge is 0.233 e. The Balaban J connectivity index is 1.59. The number of rotatable bonds is 6. The standard InChI is InChI=1S/C23H32N4O2S/c1-17-8-4-5-9-20(17)27-22(18-10-12-19(29-2)13-11-18)24-25-23(27)30-16-21(28)26-14-6-3-7-15-26/h10-13,17,20H,3-9,14-16H2,1-2H3/t17-,20-/m0/s1. The fourth-order valence-electron chi connectivity index (χ4n) is 4.65. The zero-order valence-electron chi connectivity index (χ0n) is 18.0. The van der Waals surface area contributed by atoms with E-state index < -0.39 is 0 Å². The van der Waals surface area contributed by atoms with Gasteiger partial charge >= 0.3 is 0 Å². The van der Waals surface area contributed by atoms with E-state index in [0.29, 0.717) is 17.7 Å². The molecule has 2 atom stereocenters. The fraction of sp³-hybridized carbons (Fsp3) is 0.609. The van der Waals surface area contributed by atoms with Gasteiger partial charge in [0.1, 0.15) is 5.75 Å². The lowest BCUT2D eigenvalue weighted by Gasteiger charge is -2.31. The van der Waals surface area contributed by atoms with Crippen molar-refractivity contribution in [3.8, 4) is 17.1 Å². The van der Waals surface area contributed by atoms with Crippen molar-refractivity contribution in [1.82, 2.24) is 19.7 Å². The number of ether oxygens (including phenoxy) is 1. The third-order valence-electron chi connectivity index (χ3n) is 6.44. The van der Waals surface area contributed by atoms with Crippen LogP contribution in [0.15, 0.2) is 29.4 Å². The van der Waals surface area contributed by atoms with E-state index in [9.17, 15) is 4.79 Å². The number of thioether (sulfide) groups is 1. The predicted octanol–water partition coefficient (Wildman–Crippen LogP) is 4.81. The zero-order valence-corrected chi connectivity index (χ0v) is 18.9. The number of piperidine rings is 1. The molecular weight excluding hydrogens is 396 g/mol. The van der Waals surface area contributed by atoms with Crippen LogP contribution in [0.5, 0.6) is 5.75 Å². The highest BCUT2D eigenvalue weighted by atomic mass is 32.2. The van der Waals surface area contributed by atoms with E-state index in [1.165, 1.54) is 25.7 Å². The van der Waals surface area contributed by atoms with Gasteiger partial charge in [-0.3, -0.25) is 9.36 Å². The molecule has 0 radical (unpaired) electrons. The maximum Gasteiger partial charge on any atom is 0.233 e. The second kappa shape index (κ2) is 9.86. The van der Waals surface area contributed by atoms with Gasteiger partial charge < -0.3 is 9.64 Å². The summed E-state index contributed by atoms with van der Waals surface area (Å²) in [6, 6.07) is 8.38. The molecule has 4 rings (SSSR count). The first-order valence-electron chi connectivity index (χ1n) is 11.2. The number of methoxy groups -OCH3 is 1. The normalized spacial score (nSPS) is 22.1. The molecule has 0 unspecified atom stereocenters. The molecule has 2 fully saturated rings. The molecule has 0 spiro atoms. The molecular formula is C23H32N4O2S. The number of carbonyl (C=O) groups is 1. The minimum atomic E-state index is 0.219. The third kappa shape index (κ3) is 4.66. The molecule has 2 heterocycles. The second-order valence-electron chi connectivity index (χ2n) is 8.46. The van der Waals surface area contributed by atoms with Crippen LogP contribution in [0.1, 0.15) is 57.9 Å². The Kier molecular flexibility index (Phi) is 6.97. The monoisotopic (exact) mass is 428 g/mol. The lowest BCUT2D eigenvalue weighted by molar-refractivity contribution is -0.129. The first-order valence-corrected chi connectivity index (χ1v) is 12.2. The Bertz CT molecular complexity index is 845. The Labute approximate surface area is 183 Å². The molecule has 0 bridgehead atoms. The Morgan fingerprint density at radius 2 is 1.80 bits per heavy atom. The van der Waals surface area contributed by atoms with Crippen LogP contribution in [0.4, 0.5) is 0 Å². The Morgan fingerprint density at radius 1 is 1.07 bits per heavy atom. The van der Waals surface area contributed by atoms with Gasteiger partial charge in [0.2, 0.25) is 5.91 Å². The number of nitrogens with zero attached hydrogens (tertiary/aromatic N) is 4. The van der Waals surface area contributed by atoms with Crippen molar-refractivity contribution in [1.29, 1.82) is 0 Å². The van der Waals surface area contributed by atoms with Crippen LogP contribution < -0.4 is 4.74 Å². The molecule has 1 aromatic heterocycles. The Morgan fingerprint density at radius 3 is 2.50 bits per heavy atom. The van der Waals surface area contributed by atoms with E-state index in [1.54, 1.807) is 18.9 Å². The maximum absolute atomic E-state index is 12.7. The summed E-state index contributed by atoms with van der Waals surface area (Å²) in [4.78, 5) is 14.7. The first-order chi connectivity index (χ1) is 14.7. The van der Waals surface area contributed by atoms with Crippen molar-refractivity contribution in [2.24, 2.45) is 5.92 Å². The summed E-state index contributed by atoms with van der Waals surface area (Å²) in [5, 5.41) is 9.97. The van der Waals surface area contributed by atoms with E-state index in [0.717, 1.165) is 54.6 Å². The van der Waals surface area contributed by atoms with Crippen molar-refractivity contribution in [2.75, 3.05) is 26.0 Å². The summed E-state index contributed by atoms with van der Waals surface area (Å²) in [6.45, 7) is 4.11. The summed E-state index contributed by atoms with van der Waals surface area (Å²) in [7, 11) is 1.68. The topological polar surface area (TPSA) is 60.3 Å². The quantitative estimate of drug-likeness (QED) is 0.618. The van der Waals surface area contributed by atoms with E-state index >= 15 is 0 Å². The minimum Gasteiger partial charge on any atom is -0.497 e. The molecule has 1 amide bonds. The van der Waals surface area contributed by atoms with Gasteiger partial charge in [-0.25, -0.2) is 0 Å². The van der Waals surface area contributed by atoms with Crippen molar-refractivity contribution < 1.29 is 9.53 Å². The van der Waals surface area contributed by atoms with E-state index in [2.05, 4.69) is 21.7 Å². The number of carbonyl (C=O) groups excluding carboxylic acids is 1. The van der Waals surface area contributed by atoms with Crippen LogP contribution in [0.3, 0.4) is 0 Å². The number of hydrogen-bond acceptors (Lipinski definition) is 5. The van der Waals surface area contributed by atoms with Gasteiger partial charge in [0.25, 0.3) is 0 Å². The molecule has 1 saturated carbocycles. The summed E-state index contributed by atoms with van der Waals surface area (Å²) in [6.07, 6.45) is 8.34. The Hall–Kier alpha value is -2.02. The molecule has 1 saturated heterocycles. The molecule has 1 aromatic carbocycles. The van der Waals surface area contributed by atoms with E-state index in [-0.39, 0.29) is 5.91 Å². The predicted molar refractivity (Wildman–Crippen MR) is 120 cm³/mol. The first kappa shape index (κ1) is 21.2. The van der Waals surface area contributed by atoms with Crippen molar-refractivity contribution >= 4 is 17.7 Å². The number of amides is 1. The number of hydrogen-bond donors (Lipinski definition) is 0. The van der Waals surface area contributed by atoms with Gasteiger partial charge in [-0.05, 0) is 62.3 Å². The van der Waals surface area contributed by atoms with Gasteiger partial charge in [0.05, 0.1) is 12.9 Å². The van der Waals surface area contributed by atoms with Crippen LogP contribution in [0.25, 0.3) is 11.4 Å². The minimum absolute atomic E-state index is 0.219. The average Bonchev–Trinajstić information content (AvgIpc) is 3.22. The highest BCUT2D eigenvalue weighted by Gasteiger charge is 2.29. The van der Waals surface area contributed by atoms with Gasteiger partial charge in [-0.2, -0.15) is 0 Å². The van der Waals surface area contributed by atoms with Gasteiger partial charge in [0, 0.05) is 24.7 Å². The molecule has 30 heavy (non-hydrogen) atoms. The zero-order chi connectivity index (χ0) is 20.9. The highest BCUT2D eigenvalue weighted by molar-refractivity contribution is 7.99. The summed E-state index contributed by atoms with van der Waals surface area (Å²) < 4.78 is 7.61. The van der Waals surface area contributed by atoms with Crippen LogP contribution in [-0.2, 0) is 4.79 Å². The number of aromatic nitrogens is 3. The molecule has 2 aliphatic rings. The molecule has 0 N–H and O–H groups in total. The average molecular weight is 429 g/mol. The number of likely N-dealkylation sites (tertiary alicyclic amines) is 1. The number of benzene rings is 1. The largest absolute Gasteiger partial charge is 0.497 e. The van der Waals surface area contributed by atoms with Crippen molar-refractivity contribution in [3.63, 3.8) is 0 Å². The van der Waals surface area contributed by atoms with Crippen molar-refractivity contribution in [2.45, 2.75) is 63.1 Å². The molecule has 6 nitrogen and oxygen atoms in total. The summed E-state index contributed by atoms with van der Waals surface area (Å²) in [5.41, 5.74) is 1.04. The molecule has 7 heteroatoms. The van der Waals surface area contributed by atoms with Gasteiger partial charge in [0.15, 0.2) is 11.0 Å². The van der Waals surface area contributed by atoms with E-state index in [1.807, 2.05) is 29.2 Å². The van der Waals surface area contributed by atoms with Crippen molar-refractivity contribution in [3.05, 3.63) is 24.3 Å². The molecule has 1 aliphatic carbocycles. The van der Waals surface area contributed by atoms with Crippen LogP contribution in [-0.4, -0.2) is 51.5 Å². The second-order valence-corrected chi connectivity index (χ2v) is 9.41. The SMILES string of the molecule is COc1ccc(-c2nnc(SCC(=O)N3CCCCC3)n2[C@H]2CCCC[C@@H]2C)cc1. The fourth-order valence-corrected chi connectivity index (χ4v) is 5.55. The molecule has 2 aromatic rings. The van der Waals surface area contributed by atoms with Gasteiger partial charge in [-0.1, -0.05) is 31.5 Å². The summed E-state index contributed by atoms with van der Waals surface area (Å²) in [5.74, 6) is 2.95. The molecule has 162 valence electrons. The van der Waals surface area contributed by atoms with Crippen LogP contribution >= 0.6 is 11.8 Å². The highest BCUT2D eigenvalue weighted by Crippen LogP contribution is 2.39. The van der Waals surface area contributed by atoms with Crippen LogP contribution in [0.2, 0.25) is 0 Å². The van der Waals surface area contributed by atoms with Gasteiger partial charge in [-0.15, -0.1) is 10.2 Å². The maximum atomic E-state index is 12.7. The van der Waals surface area contributed by atoms with E-state index in [4.69, 9.17) is 4.74 Å².